The molecule has 3 aromatic carbocycles. The molecule has 0 unspecified atom stereocenters. The molecular formula is C27H23FN4O2. The minimum Gasteiger partial charge on any atom is -0.326 e. The summed E-state index contributed by atoms with van der Waals surface area (Å²) in [5.41, 5.74) is 4.61. The third-order valence-electron chi connectivity index (χ3n) is 5.71. The van der Waals surface area contributed by atoms with Gasteiger partial charge in [-0.1, -0.05) is 35.9 Å². The Morgan fingerprint density at radius 3 is 2.29 bits per heavy atom. The van der Waals surface area contributed by atoms with Crippen LogP contribution >= 0.6 is 0 Å². The number of rotatable bonds is 6. The van der Waals surface area contributed by atoms with Crippen LogP contribution in [-0.4, -0.2) is 21.6 Å². The van der Waals surface area contributed by atoms with Gasteiger partial charge in [0.1, 0.15) is 11.5 Å². The molecule has 5 rings (SSSR count). The fraction of sp³-hybridized carbons (Fsp3) is 0.148. The Morgan fingerprint density at radius 2 is 1.62 bits per heavy atom. The largest absolute Gasteiger partial charge is 0.326 e. The van der Waals surface area contributed by atoms with E-state index in [1.54, 1.807) is 47.3 Å². The number of aryl methyl sites for hydroxylation is 1. The minimum absolute atomic E-state index is 0.00529. The highest BCUT2D eigenvalue weighted by atomic mass is 19.1. The van der Waals surface area contributed by atoms with Gasteiger partial charge >= 0.3 is 0 Å². The van der Waals surface area contributed by atoms with E-state index in [0.29, 0.717) is 28.3 Å². The molecule has 0 bridgehead atoms. The van der Waals surface area contributed by atoms with Crippen LogP contribution in [0.4, 0.5) is 15.8 Å². The van der Waals surface area contributed by atoms with Gasteiger partial charge in [0, 0.05) is 29.1 Å². The lowest BCUT2D eigenvalue weighted by Gasteiger charge is -2.09. The first-order valence-corrected chi connectivity index (χ1v) is 11.1. The van der Waals surface area contributed by atoms with Crippen molar-refractivity contribution in [1.82, 2.24) is 9.78 Å². The van der Waals surface area contributed by atoms with E-state index in [2.05, 4.69) is 15.7 Å². The number of halogens is 1. The molecule has 7 heteroatoms. The summed E-state index contributed by atoms with van der Waals surface area (Å²) in [6.07, 6.45) is 3.47. The zero-order valence-electron chi connectivity index (χ0n) is 18.6. The number of carbonyl (C=O) groups is 2. The molecule has 2 amide bonds. The van der Waals surface area contributed by atoms with Crippen molar-refractivity contribution in [2.45, 2.75) is 19.8 Å². The third kappa shape index (κ3) is 4.73. The molecule has 170 valence electrons. The standard InChI is InChI=1S/C27H23FN4O2/c1-17-5-7-18(8-6-17)25-24(16-32(31-25)23-13-11-20(28)12-14-23)27(34)30-22-4-2-3-21(15-22)29-26(33)19-9-10-19/h2-8,11-16,19H,9-10H2,1H3,(H,29,33)(H,30,34). The van der Waals surface area contributed by atoms with Gasteiger partial charge in [-0.05, 0) is 62.2 Å². The van der Waals surface area contributed by atoms with Gasteiger partial charge in [0.25, 0.3) is 5.91 Å². The van der Waals surface area contributed by atoms with Crippen LogP contribution in [0.25, 0.3) is 16.9 Å². The van der Waals surface area contributed by atoms with Crippen LogP contribution in [0.3, 0.4) is 0 Å². The van der Waals surface area contributed by atoms with Crippen molar-refractivity contribution in [3.63, 3.8) is 0 Å². The Morgan fingerprint density at radius 1 is 0.941 bits per heavy atom. The molecule has 2 N–H and O–H groups in total. The first-order chi connectivity index (χ1) is 16.5. The molecular weight excluding hydrogens is 431 g/mol. The molecule has 6 nitrogen and oxygen atoms in total. The maximum Gasteiger partial charge on any atom is 0.259 e. The van der Waals surface area contributed by atoms with E-state index in [9.17, 15) is 14.0 Å². The van der Waals surface area contributed by atoms with Crippen molar-refractivity contribution < 1.29 is 14.0 Å². The monoisotopic (exact) mass is 454 g/mol. The van der Waals surface area contributed by atoms with Gasteiger partial charge in [-0.3, -0.25) is 9.59 Å². The van der Waals surface area contributed by atoms with Crippen LogP contribution in [0.5, 0.6) is 0 Å². The summed E-state index contributed by atoms with van der Waals surface area (Å²) in [6, 6.07) is 20.7. The van der Waals surface area contributed by atoms with Crippen molar-refractivity contribution in [3.8, 4) is 16.9 Å². The van der Waals surface area contributed by atoms with E-state index in [1.165, 1.54) is 12.1 Å². The van der Waals surface area contributed by atoms with Crippen LogP contribution in [0.2, 0.25) is 0 Å². The molecule has 34 heavy (non-hydrogen) atoms. The van der Waals surface area contributed by atoms with Gasteiger partial charge in [0.2, 0.25) is 5.91 Å². The lowest BCUT2D eigenvalue weighted by Crippen LogP contribution is -2.15. The Hall–Kier alpha value is -4.26. The number of hydrogen-bond acceptors (Lipinski definition) is 3. The second-order valence-corrected chi connectivity index (χ2v) is 8.48. The molecule has 0 aliphatic heterocycles. The highest BCUT2D eigenvalue weighted by Crippen LogP contribution is 2.31. The van der Waals surface area contributed by atoms with E-state index >= 15 is 0 Å². The van der Waals surface area contributed by atoms with Gasteiger partial charge in [-0.15, -0.1) is 0 Å². The van der Waals surface area contributed by atoms with E-state index in [4.69, 9.17) is 0 Å². The second kappa shape index (κ2) is 8.94. The fourth-order valence-electron chi connectivity index (χ4n) is 3.65. The number of aromatic nitrogens is 2. The molecule has 0 atom stereocenters. The number of benzene rings is 3. The molecule has 0 radical (unpaired) electrons. The zero-order valence-corrected chi connectivity index (χ0v) is 18.6. The van der Waals surface area contributed by atoms with Crippen molar-refractivity contribution >= 4 is 23.2 Å². The predicted molar refractivity (Wildman–Crippen MR) is 129 cm³/mol. The average molecular weight is 455 g/mol. The summed E-state index contributed by atoms with van der Waals surface area (Å²) in [5.74, 6) is -0.589. The third-order valence-corrected chi connectivity index (χ3v) is 5.71. The van der Waals surface area contributed by atoms with Gasteiger partial charge in [0.05, 0.1) is 11.3 Å². The molecule has 0 spiro atoms. The average Bonchev–Trinajstić information content (AvgIpc) is 3.59. The molecule has 1 saturated carbocycles. The summed E-state index contributed by atoms with van der Waals surface area (Å²) < 4.78 is 15.0. The SMILES string of the molecule is Cc1ccc(-c2nn(-c3ccc(F)cc3)cc2C(=O)Nc2cccc(NC(=O)C3CC3)c2)cc1. The van der Waals surface area contributed by atoms with E-state index < -0.39 is 0 Å². The maximum atomic E-state index is 13.4. The van der Waals surface area contributed by atoms with E-state index in [1.807, 2.05) is 31.2 Å². The predicted octanol–water partition coefficient (Wildman–Crippen LogP) is 5.59. The van der Waals surface area contributed by atoms with Gasteiger partial charge in [-0.25, -0.2) is 9.07 Å². The summed E-state index contributed by atoms with van der Waals surface area (Å²) in [5, 5.41) is 10.4. The molecule has 1 aliphatic rings. The number of hydrogen-bond donors (Lipinski definition) is 2. The minimum atomic E-state index is -0.346. The number of nitrogens with zero attached hydrogens (tertiary/aromatic N) is 2. The summed E-state index contributed by atoms with van der Waals surface area (Å²) in [6.45, 7) is 1.99. The highest BCUT2D eigenvalue weighted by Gasteiger charge is 2.29. The van der Waals surface area contributed by atoms with Gasteiger partial charge in [0.15, 0.2) is 0 Å². The Balaban J connectivity index is 1.45. The van der Waals surface area contributed by atoms with Crippen LogP contribution in [0.1, 0.15) is 28.8 Å². The first kappa shape index (κ1) is 21.6. The van der Waals surface area contributed by atoms with Crippen molar-refractivity contribution in [1.29, 1.82) is 0 Å². The lowest BCUT2D eigenvalue weighted by molar-refractivity contribution is -0.117. The molecule has 1 aliphatic carbocycles. The van der Waals surface area contributed by atoms with E-state index in [-0.39, 0.29) is 23.5 Å². The van der Waals surface area contributed by atoms with Crippen LogP contribution in [-0.2, 0) is 4.79 Å². The normalized spacial score (nSPS) is 12.9. The maximum absolute atomic E-state index is 13.4. The first-order valence-electron chi connectivity index (χ1n) is 11.1. The van der Waals surface area contributed by atoms with Crippen LogP contribution < -0.4 is 10.6 Å². The summed E-state index contributed by atoms with van der Waals surface area (Å²) >= 11 is 0. The molecule has 0 saturated heterocycles. The van der Waals surface area contributed by atoms with E-state index in [0.717, 1.165) is 24.0 Å². The highest BCUT2D eigenvalue weighted by molar-refractivity contribution is 6.08. The number of nitrogens with one attached hydrogen (secondary N) is 2. The number of carbonyl (C=O) groups excluding carboxylic acids is 2. The molecule has 1 heterocycles. The van der Waals surface area contributed by atoms with Crippen molar-refractivity contribution in [2.24, 2.45) is 5.92 Å². The fourth-order valence-corrected chi connectivity index (χ4v) is 3.65. The second-order valence-electron chi connectivity index (χ2n) is 8.48. The smallest absolute Gasteiger partial charge is 0.259 e. The summed E-state index contributed by atoms with van der Waals surface area (Å²) in [4.78, 5) is 25.4. The Bertz CT molecular complexity index is 1360. The summed E-state index contributed by atoms with van der Waals surface area (Å²) in [7, 11) is 0. The number of anilines is 2. The Labute approximate surface area is 196 Å². The molecule has 4 aromatic rings. The topological polar surface area (TPSA) is 76.0 Å². The molecule has 1 fully saturated rings. The molecule has 1 aromatic heterocycles. The van der Waals surface area contributed by atoms with Gasteiger partial charge in [-0.2, -0.15) is 5.10 Å². The van der Waals surface area contributed by atoms with Gasteiger partial charge < -0.3 is 10.6 Å². The van der Waals surface area contributed by atoms with Crippen LogP contribution in [0.15, 0.2) is 79.0 Å². The lowest BCUT2D eigenvalue weighted by atomic mass is 10.1. The number of amides is 2. The Kier molecular flexibility index (Phi) is 5.67. The van der Waals surface area contributed by atoms with Crippen LogP contribution in [0, 0.1) is 18.7 Å². The van der Waals surface area contributed by atoms with Crippen molar-refractivity contribution in [2.75, 3.05) is 10.6 Å². The van der Waals surface area contributed by atoms with Crippen molar-refractivity contribution in [3.05, 3.63) is 95.9 Å². The zero-order chi connectivity index (χ0) is 23.7. The quantitative estimate of drug-likeness (QED) is 0.399.